The van der Waals surface area contributed by atoms with Gasteiger partial charge >= 0.3 is 17.4 Å². The third kappa shape index (κ3) is 9.57. The van der Waals surface area contributed by atoms with Crippen LogP contribution in [0.3, 0.4) is 0 Å². The van der Waals surface area contributed by atoms with Gasteiger partial charge in [-0.1, -0.05) is 63.3 Å². The van der Waals surface area contributed by atoms with Crippen LogP contribution in [0.1, 0.15) is 64.5 Å². The maximum absolute atomic E-state index is 4.06. The van der Waals surface area contributed by atoms with Crippen molar-refractivity contribution in [3.8, 4) is 0 Å². The Labute approximate surface area is 191 Å². The van der Waals surface area contributed by atoms with Crippen molar-refractivity contribution in [2.75, 3.05) is 36.0 Å². The van der Waals surface area contributed by atoms with Gasteiger partial charge in [-0.3, -0.25) is 0 Å². The molecule has 0 atom stereocenters. The Bertz CT molecular complexity index is 587. The molecule has 0 fully saturated rings. The zero-order chi connectivity index (χ0) is 20.8. The fourth-order valence-electron chi connectivity index (χ4n) is 3.42. The summed E-state index contributed by atoms with van der Waals surface area (Å²) in [6.45, 7) is 21.5. The topological polar surface area (TPSA) is 6.48 Å². The second-order valence-corrected chi connectivity index (χ2v) is 7.23. The Hall–Kier alpha value is -1.69. The summed E-state index contributed by atoms with van der Waals surface area (Å²) in [5.41, 5.74) is 4.84. The average molecular weight is 433 g/mol. The molecule has 2 nitrogen and oxygen atoms in total. The molecule has 160 valence electrons. The third-order valence-electron chi connectivity index (χ3n) is 4.64. The smallest absolute Gasteiger partial charge is 0.423 e. The van der Waals surface area contributed by atoms with Crippen molar-refractivity contribution >= 4 is 11.4 Å². The van der Waals surface area contributed by atoms with Gasteiger partial charge in [0.15, 0.2) is 0 Å². The molecule has 0 amide bonds. The Morgan fingerprint density at radius 1 is 0.552 bits per heavy atom. The summed E-state index contributed by atoms with van der Waals surface area (Å²) in [7, 11) is 0. The molecule has 2 aromatic rings. The molecule has 0 aliphatic carbocycles. The zero-order valence-electron chi connectivity index (χ0n) is 19.0. The molecule has 0 unspecified atom stereocenters. The van der Waals surface area contributed by atoms with Gasteiger partial charge in [0.25, 0.3) is 0 Å². The van der Waals surface area contributed by atoms with E-state index >= 15 is 0 Å². The van der Waals surface area contributed by atoms with E-state index in [1.54, 1.807) is 0 Å². The molecule has 2 rings (SSSR count). The van der Waals surface area contributed by atoms with Crippen LogP contribution in [0.4, 0.5) is 11.4 Å². The van der Waals surface area contributed by atoms with Crippen LogP contribution in [0.15, 0.2) is 48.5 Å². The first-order valence-electron chi connectivity index (χ1n) is 10.9. The summed E-state index contributed by atoms with van der Waals surface area (Å²) in [5, 5.41) is 0. The molecule has 0 aliphatic rings. The van der Waals surface area contributed by atoms with Crippen molar-refractivity contribution in [3.63, 3.8) is 0 Å². The van der Waals surface area contributed by atoms with Crippen molar-refractivity contribution in [3.05, 3.63) is 73.5 Å². The van der Waals surface area contributed by atoms with Crippen molar-refractivity contribution in [2.45, 2.75) is 53.4 Å². The Kier molecular flexibility index (Phi) is 15.2. The van der Waals surface area contributed by atoms with Crippen LogP contribution >= 0.6 is 0 Å². The van der Waals surface area contributed by atoms with E-state index in [1.165, 1.54) is 37.1 Å². The first-order valence-corrected chi connectivity index (χ1v) is 10.9. The Morgan fingerprint density at radius 2 is 0.828 bits per heavy atom. The van der Waals surface area contributed by atoms with Crippen LogP contribution in [0.5, 0.6) is 0 Å². The van der Waals surface area contributed by atoms with Crippen LogP contribution in [-0.2, 0) is 17.4 Å². The summed E-state index contributed by atoms with van der Waals surface area (Å²) < 4.78 is 0. The third-order valence-corrected chi connectivity index (χ3v) is 4.64. The summed E-state index contributed by atoms with van der Waals surface area (Å²) in [5.74, 6) is 0. The summed E-state index contributed by atoms with van der Waals surface area (Å²) >= 11 is 0. The number of para-hydroxylation sites is 2. The van der Waals surface area contributed by atoms with Crippen molar-refractivity contribution in [2.24, 2.45) is 0 Å². The minimum atomic E-state index is 0. The van der Waals surface area contributed by atoms with E-state index in [-0.39, 0.29) is 17.4 Å². The van der Waals surface area contributed by atoms with Crippen molar-refractivity contribution in [1.29, 1.82) is 0 Å². The first-order chi connectivity index (χ1) is 13.6. The minimum Gasteiger partial charge on any atom is -0.423 e. The van der Waals surface area contributed by atoms with Crippen LogP contribution in [0.25, 0.3) is 0 Å². The van der Waals surface area contributed by atoms with Crippen LogP contribution in [0.2, 0.25) is 0 Å². The number of rotatable bonds is 10. The Morgan fingerprint density at radius 3 is 1.07 bits per heavy atom. The maximum atomic E-state index is 4.06. The van der Waals surface area contributed by atoms with E-state index in [1.807, 2.05) is 12.1 Å². The SMILES string of the molecule is [CH2-]c1ccccc1N(CCC)CCC.[CH2-]c1ccccc1N(CCC)CCC.[Cr+2]. The largest absolute Gasteiger partial charge is 2.00 e. The molecular formula is C26H40CrN2. The number of hydrogen-bond donors (Lipinski definition) is 0. The first kappa shape index (κ1) is 27.3. The summed E-state index contributed by atoms with van der Waals surface area (Å²) in [4.78, 5) is 4.84. The molecule has 0 spiro atoms. The van der Waals surface area contributed by atoms with Crippen molar-refractivity contribution < 1.29 is 17.4 Å². The van der Waals surface area contributed by atoms with Gasteiger partial charge in [-0.15, -0.1) is 12.1 Å². The molecule has 0 bridgehead atoms. The normalized spacial score (nSPS) is 9.79. The zero-order valence-corrected chi connectivity index (χ0v) is 20.3. The number of hydrogen-bond acceptors (Lipinski definition) is 2. The monoisotopic (exact) mass is 432 g/mol. The van der Waals surface area contributed by atoms with Gasteiger partial charge in [-0.05, 0) is 25.7 Å². The second-order valence-electron chi connectivity index (χ2n) is 7.23. The standard InChI is InChI=1S/2C13H20N.Cr/c2*1-4-10-14(11-5-2)13-9-7-6-8-12(13)3;/h2*6-9H,3-5,10-11H2,1-2H3;/q2*-1;+2. The molecule has 2 aromatic carbocycles. The van der Waals surface area contributed by atoms with E-state index in [2.05, 4.69) is 87.7 Å². The van der Waals surface area contributed by atoms with Crippen LogP contribution in [-0.4, -0.2) is 26.2 Å². The number of benzene rings is 2. The summed E-state index contributed by atoms with van der Waals surface area (Å²) in [6, 6.07) is 16.7. The number of nitrogens with zero attached hydrogens (tertiary/aromatic N) is 2. The molecule has 29 heavy (non-hydrogen) atoms. The van der Waals surface area contributed by atoms with Crippen molar-refractivity contribution in [1.82, 2.24) is 0 Å². The molecule has 0 saturated heterocycles. The van der Waals surface area contributed by atoms with Gasteiger partial charge in [0.1, 0.15) is 0 Å². The van der Waals surface area contributed by atoms with Crippen LogP contribution in [0, 0.1) is 13.8 Å². The van der Waals surface area contributed by atoms with Gasteiger partial charge in [0.05, 0.1) is 0 Å². The van der Waals surface area contributed by atoms with E-state index < -0.39 is 0 Å². The number of anilines is 2. The fraction of sp³-hybridized carbons (Fsp3) is 0.462. The van der Waals surface area contributed by atoms with Crippen LogP contribution < -0.4 is 9.80 Å². The quantitative estimate of drug-likeness (QED) is 0.373. The second kappa shape index (κ2) is 16.1. The molecule has 0 saturated carbocycles. The van der Waals surface area contributed by atoms with E-state index in [0.717, 1.165) is 37.3 Å². The van der Waals surface area contributed by atoms with Gasteiger partial charge in [0.2, 0.25) is 0 Å². The predicted molar refractivity (Wildman–Crippen MR) is 127 cm³/mol. The molecule has 3 heteroatoms. The predicted octanol–water partition coefficient (Wildman–Crippen LogP) is 6.99. The Balaban J connectivity index is 0.000000523. The van der Waals surface area contributed by atoms with Gasteiger partial charge in [-0.2, -0.15) is 37.1 Å². The maximum Gasteiger partial charge on any atom is 2.00 e. The van der Waals surface area contributed by atoms with Gasteiger partial charge in [0, 0.05) is 26.2 Å². The van der Waals surface area contributed by atoms with E-state index in [9.17, 15) is 0 Å². The molecule has 0 N–H and O–H groups in total. The summed E-state index contributed by atoms with van der Waals surface area (Å²) in [6.07, 6.45) is 4.76. The molecule has 0 heterocycles. The minimum absolute atomic E-state index is 0. The van der Waals surface area contributed by atoms with Gasteiger partial charge in [-0.25, -0.2) is 0 Å². The average Bonchev–Trinajstić information content (AvgIpc) is 2.69. The molecule has 0 radical (unpaired) electrons. The fourth-order valence-corrected chi connectivity index (χ4v) is 3.42. The molecule has 0 aliphatic heterocycles. The molecule has 0 aromatic heterocycles. The van der Waals surface area contributed by atoms with E-state index in [4.69, 9.17) is 0 Å². The van der Waals surface area contributed by atoms with E-state index in [0.29, 0.717) is 0 Å². The van der Waals surface area contributed by atoms with Gasteiger partial charge < -0.3 is 9.80 Å². The molecular weight excluding hydrogens is 392 g/mol.